The number of hydrogen-bond donors (Lipinski definition) is 0. The van der Waals surface area contributed by atoms with Crippen LogP contribution in [-0.2, 0) is 0 Å². The van der Waals surface area contributed by atoms with Gasteiger partial charge in [-0.05, 0) is 73.5 Å². The summed E-state index contributed by atoms with van der Waals surface area (Å²) in [6.45, 7) is 5.41. The lowest BCUT2D eigenvalue weighted by molar-refractivity contribution is 0.284. The van der Waals surface area contributed by atoms with Gasteiger partial charge in [0.2, 0.25) is 5.82 Å². The molecule has 3 aromatic rings. The van der Waals surface area contributed by atoms with Gasteiger partial charge in [-0.3, -0.25) is 0 Å². The summed E-state index contributed by atoms with van der Waals surface area (Å²) in [5.41, 5.74) is 2.02. The van der Waals surface area contributed by atoms with Crippen molar-refractivity contribution >= 4 is 11.4 Å². The largest absolute Gasteiger partial charge is 0.494 e. The topological polar surface area (TPSA) is 43.2 Å². The molecular weight excluding hydrogens is 506 g/mol. The van der Waals surface area contributed by atoms with E-state index in [1.54, 1.807) is 24.3 Å². The van der Waals surface area contributed by atoms with Gasteiger partial charge in [0, 0.05) is 5.56 Å². The first kappa shape index (κ1) is 30.8. The van der Waals surface area contributed by atoms with Crippen LogP contribution in [0, 0.1) is 23.5 Å². The van der Waals surface area contributed by atoms with Crippen molar-refractivity contribution in [2.45, 2.75) is 78.1 Å². The van der Waals surface area contributed by atoms with Gasteiger partial charge < -0.3 is 9.47 Å². The first-order valence-corrected chi connectivity index (χ1v) is 14.5. The predicted octanol–water partition coefficient (Wildman–Crippen LogP) is 10.5. The van der Waals surface area contributed by atoms with Gasteiger partial charge >= 0.3 is 0 Å². The van der Waals surface area contributed by atoms with Crippen molar-refractivity contribution < 1.29 is 18.3 Å². The molecule has 0 amide bonds. The first-order valence-electron chi connectivity index (χ1n) is 14.5. The number of benzene rings is 3. The van der Waals surface area contributed by atoms with E-state index in [0.717, 1.165) is 43.5 Å². The van der Waals surface area contributed by atoms with E-state index in [0.29, 0.717) is 24.5 Å². The molecule has 0 N–H and O–H groups in total. The second kappa shape index (κ2) is 17.8. The molecular formula is C34H40F2N2O2. The number of nitrogens with zero attached hydrogens (tertiary/aromatic N) is 2. The van der Waals surface area contributed by atoms with E-state index in [-0.39, 0.29) is 11.3 Å². The molecule has 40 heavy (non-hydrogen) atoms. The van der Waals surface area contributed by atoms with Gasteiger partial charge in [0.05, 0.1) is 30.2 Å². The third kappa shape index (κ3) is 10.8. The van der Waals surface area contributed by atoms with Crippen molar-refractivity contribution in [3.05, 3.63) is 83.4 Å². The Balaban J connectivity index is 1.48. The molecule has 0 spiro atoms. The monoisotopic (exact) mass is 546 g/mol. The summed E-state index contributed by atoms with van der Waals surface area (Å²) in [7, 11) is 0. The fourth-order valence-corrected chi connectivity index (χ4v) is 3.97. The molecule has 0 aromatic heterocycles. The van der Waals surface area contributed by atoms with E-state index in [1.807, 2.05) is 24.3 Å². The Labute approximate surface area is 237 Å². The zero-order valence-electron chi connectivity index (χ0n) is 23.7. The molecule has 0 unspecified atom stereocenters. The van der Waals surface area contributed by atoms with E-state index in [2.05, 4.69) is 35.9 Å². The minimum Gasteiger partial charge on any atom is -0.494 e. The molecule has 4 nitrogen and oxygen atoms in total. The maximum Gasteiger partial charge on any atom is 0.201 e. The van der Waals surface area contributed by atoms with Crippen LogP contribution in [0.1, 0.15) is 89.2 Å². The van der Waals surface area contributed by atoms with Crippen LogP contribution >= 0.6 is 0 Å². The van der Waals surface area contributed by atoms with Crippen molar-refractivity contribution in [3.8, 4) is 23.3 Å². The molecule has 0 aliphatic heterocycles. The molecule has 0 saturated heterocycles. The Kier molecular flexibility index (Phi) is 13.7. The molecule has 3 rings (SSSR count). The minimum atomic E-state index is -0.998. The van der Waals surface area contributed by atoms with Crippen LogP contribution in [0.25, 0.3) is 0 Å². The van der Waals surface area contributed by atoms with Gasteiger partial charge in [0.25, 0.3) is 0 Å². The summed E-state index contributed by atoms with van der Waals surface area (Å²) in [5.74, 6) is 4.35. The van der Waals surface area contributed by atoms with Gasteiger partial charge in [0.1, 0.15) is 5.75 Å². The van der Waals surface area contributed by atoms with Crippen molar-refractivity contribution in [1.82, 2.24) is 0 Å². The average Bonchev–Trinajstić information content (AvgIpc) is 2.98. The lowest BCUT2D eigenvalue weighted by Gasteiger charge is -2.08. The highest BCUT2D eigenvalue weighted by Gasteiger charge is 2.13. The number of unbranched alkanes of at least 4 members (excludes halogenated alkanes) is 8. The highest BCUT2D eigenvalue weighted by atomic mass is 19.2. The van der Waals surface area contributed by atoms with Crippen molar-refractivity contribution in [1.29, 1.82) is 0 Å². The number of azo groups is 1. The average molecular weight is 547 g/mol. The molecule has 0 fully saturated rings. The zero-order chi connectivity index (χ0) is 28.4. The summed E-state index contributed by atoms with van der Waals surface area (Å²) in [6.07, 6.45) is 11.4. The fourth-order valence-electron chi connectivity index (χ4n) is 3.97. The summed E-state index contributed by atoms with van der Waals surface area (Å²) in [5, 5.41) is 8.49. The zero-order valence-corrected chi connectivity index (χ0v) is 23.7. The smallest absolute Gasteiger partial charge is 0.201 e. The molecule has 0 aliphatic carbocycles. The van der Waals surface area contributed by atoms with Crippen LogP contribution in [0.3, 0.4) is 0 Å². The van der Waals surface area contributed by atoms with Gasteiger partial charge in [0.15, 0.2) is 11.6 Å². The van der Waals surface area contributed by atoms with Crippen LogP contribution in [0.2, 0.25) is 0 Å². The molecule has 0 atom stereocenters. The number of rotatable bonds is 16. The van der Waals surface area contributed by atoms with Crippen LogP contribution < -0.4 is 9.47 Å². The molecule has 0 aliphatic rings. The van der Waals surface area contributed by atoms with Crippen molar-refractivity contribution in [2.24, 2.45) is 10.2 Å². The van der Waals surface area contributed by atoms with Crippen LogP contribution in [-0.4, -0.2) is 13.2 Å². The number of halogens is 2. The Morgan fingerprint density at radius 3 is 1.80 bits per heavy atom. The van der Waals surface area contributed by atoms with Crippen molar-refractivity contribution in [2.75, 3.05) is 13.2 Å². The van der Waals surface area contributed by atoms with E-state index in [1.165, 1.54) is 44.2 Å². The lowest BCUT2D eigenvalue weighted by atomic mass is 10.1. The Hall–Kier alpha value is -3.72. The Morgan fingerprint density at radius 2 is 1.15 bits per heavy atom. The second-order valence-corrected chi connectivity index (χ2v) is 9.76. The quantitative estimate of drug-likeness (QED) is 0.102. The van der Waals surface area contributed by atoms with Crippen LogP contribution in [0.5, 0.6) is 11.5 Å². The summed E-state index contributed by atoms with van der Waals surface area (Å²) >= 11 is 0. The molecule has 212 valence electrons. The standard InChI is InChI=1S/C34H40F2N2O2/c1-3-5-7-8-9-10-11-12-26-40-32-24-17-28(33(35)34(32)36)16-13-27-14-18-29(19-15-27)37-38-30-20-22-31(23-21-30)39-25-6-4-2/h14-15,17-24H,3-12,25-26H2,1-2H3. The Morgan fingerprint density at radius 1 is 0.575 bits per heavy atom. The highest BCUT2D eigenvalue weighted by molar-refractivity contribution is 5.49. The Bertz CT molecular complexity index is 1250. The van der Waals surface area contributed by atoms with Gasteiger partial charge in [-0.15, -0.1) is 0 Å². The van der Waals surface area contributed by atoms with Gasteiger partial charge in [-0.25, -0.2) is 4.39 Å². The molecule has 3 aromatic carbocycles. The molecule has 6 heteroatoms. The summed E-state index contributed by atoms with van der Waals surface area (Å²) < 4.78 is 40.2. The van der Waals surface area contributed by atoms with E-state index in [9.17, 15) is 8.78 Å². The first-order chi connectivity index (χ1) is 19.6. The number of ether oxygens (including phenoxy) is 2. The second-order valence-electron chi connectivity index (χ2n) is 9.76. The molecule has 0 heterocycles. The number of hydrogen-bond acceptors (Lipinski definition) is 4. The van der Waals surface area contributed by atoms with E-state index < -0.39 is 11.6 Å². The van der Waals surface area contributed by atoms with Crippen LogP contribution in [0.15, 0.2) is 70.9 Å². The van der Waals surface area contributed by atoms with Gasteiger partial charge in [-0.1, -0.05) is 77.1 Å². The lowest BCUT2D eigenvalue weighted by Crippen LogP contribution is -2.02. The van der Waals surface area contributed by atoms with E-state index in [4.69, 9.17) is 9.47 Å². The maximum atomic E-state index is 14.6. The third-order valence-corrected chi connectivity index (χ3v) is 6.40. The van der Waals surface area contributed by atoms with E-state index >= 15 is 0 Å². The highest BCUT2D eigenvalue weighted by Crippen LogP contribution is 2.24. The third-order valence-electron chi connectivity index (χ3n) is 6.40. The SMILES string of the molecule is CCCCCCCCCCOc1ccc(C#Cc2ccc(N=Nc3ccc(OCCCC)cc3)cc2)c(F)c1F. The molecule has 0 saturated carbocycles. The van der Waals surface area contributed by atoms with Gasteiger partial charge in [-0.2, -0.15) is 14.6 Å². The molecule has 0 radical (unpaired) electrons. The molecule has 0 bridgehead atoms. The maximum absolute atomic E-state index is 14.6. The van der Waals surface area contributed by atoms with Crippen LogP contribution in [0.4, 0.5) is 20.2 Å². The fraction of sp³-hybridized carbons (Fsp3) is 0.412. The minimum absolute atomic E-state index is 0.0113. The predicted molar refractivity (Wildman–Crippen MR) is 158 cm³/mol. The van der Waals surface area contributed by atoms with Crippen molar-refractivity contribution in [3.63, 3.8) is 0 Å². The summed E-state index contributed by atoms with van der Waals surface area (Å²) in [4.78, 5) is 0. The normalized spacial score (nSPS) is 10.9. The summed E-state index contributed by atoms with van der Waals surface area (Å²) in [6, 6.07) is 17.4.